The summed E-state index contributed by atoms with van der Waals surface area (Å²) in [5.74, 6) is 0. The van der Waals surface area contributed by atoms with Crippen LogP contribution in [0.2, 0.25) is 0 Å². The number of hydrogen-bond acceptors (Lipinski definition) is 1. The molecular formula is C14H19N. The largest absolute Gasteiger partial charge is 0.266 e. The minimum Gasteiger partial charge on any atom is -0.266 e. The predicted octanol–water partition coefficient (Wildman–Crippen LogP) is 4.00. The molecule has 1 aliphatic heterocycles. The van der Waals surface area contributed by atoms with Crippen molar-refractivity contribution in [1.82, 2.24) is 0 Å². The molecule has 0 bridgehead atoms. The lowest BCUT2D eigenvalue weighted by atomic mass is 10.0. The van der Waals surface area contributed by atoms with Crippen LogP contribution in [0.3, 0.4) is 0 Å². The maximum absolute atomic E-state index is 4.36. The van der Waals surface area contributed by atoms with Crippen LogP contribution in [-0.4, -0.2) is 5.71 Å². The second-order valence-corrected chi connectivity index (χ2v) is 3.28. The number of benzene rings is 1. The normalized spacial score (nSPS) is 13.9. The zero-order valence-corrected chi connectivity index (χ0v) is 9.61. The fraction of sp³-hybridized carbons (Fsp3) is 0.357. The molecule has 1 aromatic rings. The van der Waals surface area contributed by atoms with E-state index in [4.69, 9.17) is 0 Å². The Labute approximate surface area is 92.6 Å². The fourth-order valence-corrected chi connectivity index (χ4v) is 1.51. The molecule has 0 radical (unpaired) electrons. The first-order valence-electron chi connectivity index (χ1n) is 5.69. The van der Waals surface area contributed by atoms with E-state index in [0.29, 0.717) is 0 Å². The van der Waals surface area contributed by atoms with Crippen LogP contribution >= 0.6 is 0 Å². The second-order valence-electron chi connectivity index (χ2n) is 3.28. The van der Waals surface area contributed by atoms with Crippen LogP contribution in [0.4, 0.5) is 0 Å². The third kappa shape index (κ3) is 4.11. The summed E-state index contributed by atoms with van der Waals surface area (Å²) >= 11 is 0. The van der Waals surface area contributed by atoms with Crippen molar-refractivity contribution in [2.75, 3.05) is 0 Å². The Kier molecular flexibility index (Phi) is 5.46. The number of hydrogen-bond donors (Lipinski definition) is 0. The molecule has 0 saturated heterocycles. The van der Waals surface area contributed by atoms with Crippen molar-refractivity contribution >= 4 is 5.71 Å². The Bertz CT molecular complexity index is 322. The van der Waals surface area contributed by atoms with Gasteiger partial charge in [0.05, 0.1) is 0 Å². The van der Waals surface area contributed by atoms with E-state index in [1.165, 1.54) is 11.3 Å². The van der Waals surface area contributed by atoms with Gasteiger partial charge in [-0.15, -0.1) is 0 Å². The van der Waals surface area contributed by atoms with Crippen LogP contribution in [0, 0.1) is 0 Å². The summed E-state index contributed by atoms with van der Waals surface area (Å²) in [5.41, 5.74) is 2.66. The molecule has 0 spiro atoms. The predicted molar refractivity (Wildman–Crippen MR) is 67.3 cm³/mol. The Balaban J connectivity index is 0.000000531. The Morgan fingerprint density at radius 3 is 2.47 bits per heavy atom. The van der Waals surface area contributed by atoms with Gasteiger partial charge in [-0.25, -0.2) is 0 Å². The highest BCUT2D eigenvalue weighted by Crippen LogP contribution is 2.08. The van der Waals surface area contributed by atoms with E-state index >= 15 is 0 Å². The lowest BCUT2D eigenvalue weighted by Gasteiger charge is -2.06. The second kappa shape index (κ2) is 6.99. The molecule has 1 heterocycles. The lowest BCUT2D eigenvalue weighted by molar-refractivity contribution is 1.03. The van der Waals surface area contributed by atoms with Crippen LogP contribution < -0.4 is 0 Å². The standard InChI is InChI=1S/C12H13N.C2H6/c1-2-6-11(7-3-1)10-12-8-4-5-9-13-12;1-2/h1-3,5-7,9H,4,8,10H2;1-2H3. The fourth-order valence-electron chi connectivity index (χ4n) is 1.51. The molecule has 0 fully saturated rings. The minimum atomic E-state index is 1.01. The Hall–Kier alpha value is -1.37. The Morgan fingerprint density at radius 1 is 1.13 bits per heavy atom. The highest BCUT2D eigenvalue weighted by atomic mass is 14.7. The van der Waals surface area contributed by atoms with Crippen LogP contribution in [0.25, 0.3) is 0 Å². The maximum atomic E-state index is 4.36. The van der Waals surface area contributed by atoms with Crippen molar-refractivity contribution in [2.45, 2.75) is 33.1 Å². The SMILES string of the molecule is C1=CN=C(Cc2ccccc2)CC1.CC. The molecule has 15 heavy (non-hydrogen) atoms. The molecular weight excluding hydrogens is 182 g/mol. The van der Waals surface area contributed by atoms with E-state index in [2.05, 4.69) is 35.3 Å². The third-order valence-electron chi connectivity index (χ3n) is 2.21. The van der Waals surface area contributed by atoms with Crippen molar-refractivity contribution in [1.29, 1.82) is 0 Å². The molecule has 0 atom stereocenters. The first kappa shape index (κ1) is 11.7. The number of nitrogens with zero attached hydrogens (tertiary/aromatic N) is 1. The monoisotopic (exact) mass is 201 g/mol. The Morgan fingerprint density at radius 2 is 1.87 bits per heavy atom. The number of allylic oxidation sites excluding steroid dienone is 1. The molecule has 0 amide bonds. The zero-order valence-electron chi connectivity index (χ0n) is 9.61. The van der Waals surface area contributed by atoms with Gasteiger partial charge in [0.1, 0.15) is 0 Å². The van der Waals surface area contributed by atoms with Crippen molar-refractivity contribution in [2.24, 2.45) is 4.99 Å². The molecule has 0 N–H and O–H groups in total. The molecule has 1 aliphatic rings. The number of aliphatic imine (C=N–C) groups is 1. The van der Waals surface area contributed by atoms with Gasteiger partial charge in [-0.2, -0.15) is 0 Å². The molecule has 0 saturated carbocycles. The van der Waals surface area contributed by atoms with Gasteiger partial charge in [0.25, 0.3) is 0 Å². The topological polar surface area (TPSA) is 12.4 Å². The molecule has 1 heteroatoms. The van der Waals surface area contributed by atoms with Crippen LogP contribution in [0.1, 0.15) is 32.3 Å². The molecule has 1 aromatic carbocycles. The summed E-state index contributed by atoms with van der Waals surface area (Å²) in [4.78, 5) is 4.36. The third-order valence-corrected chi connectivity index (χ3v) is 2.21. The summed E-state index contributed by atoms with van der Waals surface area (Å²) in [6, 6.07) is 10.5. The number of rotatable bonds is 2. The highest BCUT2D eigenvalue weighted by molar-refractivity contribution is 5.87. The van der Waals surface area contributed by atoms with Crippen molar-refractivity contribution < 1.29 is 0 Å². The summed E-state index contributed by atoms with van der Waals surface area (Å²) in [6.45, 7) is 4.00. The summed E-state index contributed by atoms with van der Waals surface area (Å²) in [7, 11) is 0. The maximum Gasteiger partial charge on any atom is 0.0227 e. The van der Waals surface area contributed by atoms with Gasteiger partial charge in [-0.1, -0.05) is 50.3 Å². The molecule has 1 nitrogen and oxygen atoms in total. The minimum absolute atomic E-state index is 1.01. The van der Waals surface area contributed by atoms with E-state index in [1.54, 1.807) is 0 Å². The van der Waals surface area contributed by atoms with Crippen LogP contribution in [0.15, 0.2) is 47.6 Å². The van der Waals surface area contributed by atoms with E-state index < -0.39 is 0 Å². The van der Waals surface area contributed by atoms with Crippen molar-refractivity contribution in [3.05, 3.63) is 48.2 Å². The zero-order chi connectivity index (χ0) is 10.9. The van der Waals surface area contributed by atoms with Crippen molar-refractivity contribution in [3.63, 3.8) is 0 Å². The quantitative estimate of drug-likeness (QED) is 0.685. The average Bonchev–Trinajstić information content (AvgIpc) is 2.34. The van der Waals surface area contributed by atoms with Crippen molar-refractivity contribution in [3.8, 4) is 0 Å². The van der Waals surface area contributed by atoms with Gasteiger partial charge in [-0.05, 0) is 18.4 Å². The lowest BCUT2D eigenvalue weighted by Crippen LogP contribution is -2.04. The van der Waals surface area contributed by atoms with Gasteiger partial charge in [0, 0.05) is 18.3 Å². The van der Waals surface area contributed by atoms with Gasteiger partial charge in [0.2, 0.25) is 0 Å². The molecule has 0 aliphatic carbocycles. The molecule has 2 rings (SSSR count). The summed E-state index contributed by atoms with van der Waals surface area (Å²) in [6.07, 6.45) is 7.30. The van der Waals surface area contributed by atoms with E-state index in [0.717, 1.165) is 19.3 Å². The smallest absolute Gasteiger partial charge is 0.0227 e. The molecule has 0 unspecified atom stereocenters. The van der Waals surface area contributed by atoms with Gasteiger partial charge in [0.15, 0.2) is 0 Å². The highest BCUT2D eigenvalue weighted by Gasteiger charge is 2.01. The van der Waals surface area contributed by atoms with Gasteiger partial charge >= 0.3 is 0 Å². The summed E-state index contributed by atoms with van der Waals surface area (Å²) < 4.78 is 0. The molecule has 80 valence electrons. The van der Waals surface area contributed by atoms with Crippen LogP contribution in [-0.2, 0) is 6.42 Å². The van der Waals surface area contributed by atoms with E-state index in [-0.39, 0.29) is 0 Å². The van der Waals surface area contributed by atoms with Gasteiger partial charge < -0.3 is 0 Å². The first-order chi connectivity index (χ1) is 7.45. The molecule has 0 aromatic heterocycles. The van der Waals surface area contributed by atoms with Crippen LogP contribution in [0.5, 0.6) is 0 Å². The van der Waals surface area contributed by atoms with E-state index in [9.17, 15) is 0 Å². The average molecular weight is 201 g/mol. The van der Waals surface area contributed by atoms with E-state index in [1.807, 2.05) is 26.1 Å². The van der Waals surface area contributed by atoms with Gasteiger partial charge in [-0.3, -0.25) is 4.99 Å². The first-order valence-corrected chi connectivity index (χ1v) is 5.69. The summed E-state index contributed by atoms with van der Waals surface area (Å²) in [5, 5.41) is 0.